The van der Waals surface area contributed by atoms with Gasteiger partial charge in [0.1, 0.15) is 16.5 Å². The van der Waals surface area contributed by atoms with E-state index in [4.69, 9.17) is 4.52 Å². The number of aromatic amines is 1. The maximum absolute atomic E-state index is 12.3. The molecule has 3 aromatic rings. The van der Waals surface area contributed by atoms with Crippen LogP contribution in [0.2, 0.25) is 0 Å². The first-order chi connectivity index (χ1) is 12.1. The molecule has 25 heavy (non-hydrogen) atoms. The van der Waals surface area contributed by atoms with E-state index in [0.29, 0.717) is 22.0 Å². The summed E-state index contributed by atoms with van der Waals surface area (Å²) in [5.41, 5.74) is 6.21. The molecule has 0 saturated heterocycles. The van der Waals surface area contributed by atoms with Crippen molar-refractivity contribution in [1.29, 1.82) is 0 Å². The summed E-state index contributed by atoms with van der Waals surface area (Å²) in [5, 5.41) is 4.45. The van der Waals surface area contributed by atoms with Crippen molar-refractivity contribution >= 4 is 23.6 Å². The number of nitrogens with one attached hydrogen (secondary N) is 3. The molecule has 0 bridgehead atoms. The highest BCUT2D eigenvalue weighted by molar-refractivity contribution is 7.98. The largest absolute Gasteiger partial charge is 0.361 e. The lowest BCUT2D eigenvalue weighted by atomic mass is 10.3. The standard InChI is InChI=1S/C16H15N5O3S/c1-10-8-11(21-24-10)9-25-16-12(4-2-7-18-16)14(22)19-20-15(23)13-5-3-6-17-13/h2-8,17H,9H2,1H3,(H,19,22)(H,20,23). The maximum Gasteiger partial charge on any atom is 0.286 e. The van der Waals surface area contributed by atoms with E-state index < -0.39 is 11.8 Å². The fourth-order valence-corrected chi connectivity index (χ4v) is 2.90. The molecule has 0 spiro atoms. The monoisotopic (exact) mass is 357 g/mol. The summed E-state index contributed by atoms with van der Waals surface area (Å²) in [5.74, 6) is 0.353. The number of aromatic nitrogens is 3. The number of nitrogens with zero attached hydrogens (tertiary/aromatic N) is 2. The molecule has 0 fully saturated rings. The van der Waals surface area contributed by atoms with Crippen LogP contribution in [0.3, 0.4) is 0 Å². The molecular formula is C16H15N5O3S. The lowest BCUT2D eigenvalue weighted by Crippen LogP contribution is -2.42. The highest BCUT2D eigenvalue weighted by atomic mass is 32.2. The quantitative estimate of drug-likeness (QED) is 0.476. The summed E-state index contributed by atoms with van der Waals surface area (Å²) in [6, 6.07) is 8.42. The molecule has 0 atom stereocenters. The number of hydrazine groups is 1. The van der Waals surface area contributed by atoms with Crippen LogP contribution >= 0.6 is 11.8 Å². The fraction of sp³-hybridized carbons (Fsp3) is 0.125. The number of pyridine rings is 1. The van der Waals surface area contributed by atoms with E-state index in [1.807, 2.05) is 13.0 Å². The minimum Gasteiger partial charge on any atom is -0.361 e. The molecule has 0 aliphatic carbocycles. The molecular weight excluding hydrogens is 342 g/mol. The Morgan fingerprint density at radius 2 is 2.08 bits per heavy atom. The maximum atomic E-state index is 12.3. The van der Waals surface area contributed by atoms with E-state index in [1.54, 1.807) is 36.7 Å². The van der Waals surface area contributed by atoms with Gasteiger partial charge in [-0.3, -0.25) is 20.4 Å². The molecule has 9 heteroatoms. The number of H-pyrrole nitrogens is 1. The van der Waals surface area contributed by atoms with Gasteiger partial charge in [0.05, 0.1) is 11.3 Å². The number of hydrogen-bond acceptors (Lipinski definition) is 6. The first kappa shape index (κ1) is 16.8. The van der Waals surface area contributed by atoms with Gasteiger partial charge in [0, 0.05) is 24.2 Å². The minimum absolute atomic E-state index is 0.350. The number of thioether (sulfide) groups is 1. The smallest absolute Gasteiger partial charge is 0.286 e. The predicted octanol–water partition coefficient (Wildman–Crippen LogP) is 2.07. The molecule has 2 amide bonds. The Balaban J connectivity index is 1.63. The summed E-state index contributed by atoms with van der Waals surface area (Å²) in [7, 11) is 0. The highest BCUT2D eigenvalue weighted by Gasteiger charge is 2.15. The minimum atomic E-state index is -0.452. The van der Waals surface area contributed by atoms with Crippen molar-refractivity contribution in [2.75, 3.05) is 0 Å². The molecule has 8 nitrogen and oxygen atoms in total. The van der Waals surface area contributed by atoms with Crippen molar-refractivity contribution in [3.63, 3.8) is 0 Å². The van der Waals surface area contributed by atoms with Crippen LogP contribution < -0.4 is 10.9 Å². The van der Waals surface area contributed by atoms with Gasteiger partial charge < -0.3 is 9.51 Å². The number of carbonyl (C=O) groups excluding carboxylic acids is 2. The van der Waals surface area contributed by atoms with Crippen LogP contribution in [0, 0.1) is 6.92 Å². The van der Waals surface area contributed by atoms with E-state index in [9.17, 15) is 9.59 Å². The Morgan fingerprint density at radius 1 is 1.24 bits per heavy atom. The first-order valence-corrected chi connectivity index (χ1v) is 8.36. The number of carbonyl (C=O) groups is 2. The second-order valence-corrected chi connectivity index (χ2v) is 6.03. The van der Waals surface area contributed by atoms with Gasteiger partial charge >= 0.3 is 0 Å². The third kappa shape index (κ3) is 4.27. The molecule has 0 unspecified atom stereocenters. The van der Waals surface area contributed by atoms with Gasteiger partial charge in [-0.2, -0.15) is 0 Å². The van der Waals surface area contributed by atoms with Crippen LogP contribution in [0.4, 0.5) is 0 Å². The second-order valence-electron chi connectivity index (χ2n) is 5.07. The third-order valence-corrected chi connectivity index (χ3v) is 4.22. The van der Waals surface area contributed by atoms with Crippen LogP contribution in [0.15, 0.2) is 52.3 Å². The molecule has 3 heterocycles. The van der Waals surface area contributed by atoms with Crippen LogP contribution in [-0.4, -0.2) is 26.9 Å². The molecule has 0 aromatic carbocycles. The fourth-order valence-electron chi connectivity index (χ4n) is 2.03. The number of rotatable bonds is 5. The molecule has 0 aliphatic rings. The molecule has 128 valence electrons. The van der Waals surface area contributed by atoms with Gasteiger partial charge in [0.25, 0.3) is 11.8 Å². The summed E-state index contributed by atoms with van der Waals surface area (Å²) in [4.78, 5) is 31.2. The summed E-state index contributed by atoms with van der Waals surface area (Å²) >= 11 is 1.36. The molecule has 0 radical (unpaired) electrons. The van der Waals surface area contributed by atoms with Crippen molar-refractivity contribution in [3.8, 4) is 0 Å². The summed E-state index contributed by atoms with van der Waals surface area (Å²) in [6.07, 6.45) is 3.23. The van der Waals surface area contributed by atoms with Gasteiger partial charge in [0.2, 0.25) is 0 Å². The van der Waals surface area contributed by atoms with Gasteiger partial charge in [-0.25, -0.2) is 4.98 Å². The van der Waals surface area contributed by atoms with Gasteiger partial charge in [-0.05, 0) is 31.2 Å². The Bertz CT molecular complexity index is 876. The first-order valence-electron chi connectivity index (χ1n) is 7.37. The second kappa shape index (κ2) is 7.67. The molecule has 0 aliphatic heterocycles. The molecule has 3 rings (SSSR count). The molecule has 0 saturated carbocycles. The Hall–Kier alpha value is -3.07. The topological polar surface area (TPSA) is 113 Å². The van der Waals surface area contributed by atoms with Crippen LogP contribution in [-0.2, 0) is 5.75 Å². The average molecular weight is 357 g/mol. The van der Waals surface area contributed by atoms with Crippen molar-refractivity contribution in [2.45, 2.75) is 17.7 Å². The third-order valence-electron chi connectivity index (χ3n) is 3.18. The zero-order chi connectivity index (χ0) is 17.6. The average Bonchev–Trinajstić information content (AvgIpc) is 3.29. The lowest BCUT2D eigenvalue weighted by Gasteiger charge is -2.09. The van der Waals surface area contributed by atoms with Crippen molar-refractivity contribution in [2.24, 2.45) is 0 Å². The number of amides is 2. The van der Waals surface area contributed by atoms with Crippen LogP contribution in [0.25, 0.3) is 0 Å². The van der Waals surface area contributed by atoms with Crippen LogP contribution in [0.1, 0.15) is 32.3 Å². The molecule has 3 N–H and O–H groups in total. The highest BCUT2D eigenvalue weighted by Crippen LogP contribution is 2.23. The zero-order valence-electron chi connectivity index (χ0n) is 13.3. The Kier molecular flexibility index (Phi) is 5.14. The van der Waals surface area contributed by atoms with E-state index >= 15 is 0 Å². The van der Waals surface area contributed by atoms with E-state index in [0.717, 1.165) is 11.5 Å². The number of hydrogen-bond donors (Lipinski definition) is 3. The molecule has 3 aromatic heterocycles. The number of aryl methyl sites for hydroxylation is 1. The van der Waals surface area contributed by atoms with Crippen LogP contribution in [0.5, 0.6) is 0 Å². The SMILES string of the molecule is Cc1cc(CSc2ncccc2C(=O)NNC(=O)c2ccc[nH]2)no1. The van der Waals surface area contributed by atoms with Gasteiger partial charge in [-0.15, -0.1) is 0 Å². The van der Waals surface area contributed by atoms with Crippen molar-refractivity contribution < 1.29 is 14.1 Å². The summed E-state index contributed by atoms with van der Waals surface area (Å²) < 4.78 is 5.02. The summed E-state index contributed by atoms with van der Waals surface area (Å²) in [6.45, 7) is 1.81. The van der Waals surface area contributed by atoms with Gasteiger partial charge in [0.15, 0.2) is 0 Å². The van der Waals surface area contributed by atoms with Crippen molar-refractivity contribution in [3.05, 3.63) is 65.4 Å². The zero-order valence-corrected chi connectivity index (χ0v) is 14.1. The Labute approximate surface area is 147 Å². The van der Waals surface area contributed by atoms with E-state index in [-0.39, 0.29) is 0 Å². The van der Waals surface area contributed by atoms with Crippen molar-refractivity contribution in [1.82, 2.24) is 26.0 Å². The normalized spacial score (nSPS) is 10.4. The Morgan fingerprint density at radius 3 is 2.80 bits per heavy atom. The van der Waals surface area contributed by atoms with Gasteiger partial charge in [-0.1, -0.05) is 16.9 Å². The lowest BCUT2D eigenvalue weighted by molar-refractivity contribution is 0.0842. The van der Waals surface area contributed by atoms with E-state index in [2.05, 4.69) is 26.0 Å². The predicted molar refractivity (Wildman–Crippen MR) is 90.8 cm³/mol. The van der Waals surface area contributed by atoms with E-state index in [1.165, 1.54) is 11.8 Å².